The van der Waals surface area contributed by atoms with Crippen molar-refractivity contribution in [1.82, 2.24) is 9.78 Å². The molecule has 1 aromatic carbocycles. The minimum atomic E-state index is -4.90. The lowest BCUT2D eigenvalue weighted by molar-refractivity contribution is -0.139. The fraction of sp³-hybridized carbons (Fsp3) is 0.450. The average Bonchev–Trinajstić information content (AvgIpc) is 2.71. The molecule has 0 bridgehead atoms. The lowest BCUT2D eigenvalue weighted by Crippen LogP contribution is -2.34. The van der Waals surface area contributed by atoms with Crippen molar-refractivity contribution in [3.8, 4) is 5.75 Å². The molecule has 11 heteroatoms. The molecule has 0 saturated heterocycles. The summed E-state index contributed by atoms with van der Waals surface area (Å²) in [6.45, 7) is 1.50. The van der Waals surface area contributed by atoms with E-state index >= 15 is 0 Å². The summed E-state index contributed by atoms with van der Waals surface area (Å²) in [5.41, 5.74) is -2.48. The number of hydrogen-bond acceptors (Lipinski definition) is 6. The minimum Gasteiger partial charge on any atom is -0.497 e. The molecule has 0 spiro atoms. The molecule has 31 heavy (non-hydrogen) atoms. The van der Waals surface area contributed by atoms with Crippen molar-refractivity contribution in [3.05, 3.63) is 51.9 Å². The second-order valence-electron chi connectivity index (χ2n) is 6.71. The number of benzene rings is 1. The van der Waals surface area contributed by atoms with E-state index in [4.69, 9.17) is 14.6 Å². The zero-order valence-corrected chi connectivity index (χ0v) is 17.1. The van der Waals surface area contributed by atoms with Gasteiger partial charge < -0.3 is 19.9 Å². The Bertz CT molecular complexity index is 929. The molecule has 8 nitrogen and oxygen atoms in total. The first-order valence-corrected chi connectivity index (χ1v) is 9.52. The minimum absolute atomic E-state index is 0.0178. The van der Waals surface area contributed by atoms with E-state index in [9.17, 15) is 22.8 Å². The normalized spacial score (nSPS) is 12.4. The monoisotopic (exact) mass is 443 g/mol. The molecule has 0 fully saturated rings. The molecule has 2 aromatic rings. The third kappa shape index (κ3) is 6.99. The highest BCUT2D eigenvalue weighted by Crippen LogP contribution is 2.32. The van der Waals surface area contributed by atoms with E-state index < -0.39 is 35.0 Å². The molecule has 1 heterocycles. The Kier molecular flexibility index (Phi) is 8.43. The number of aliphatic carboxylic acids is 1. The first-order valence-electron chi connectivity index (χ1n) is 9.52. The van der Waals surface area contributed by atoms with Crippen LogP contribution >= 0.6 is 0 Å². The highest BCUT2D eigenvalue weighted by Gasteiger charge is 2.38. The number of aromatic nitrogens is 2. The van der Waals surface area contributed by atoms with E-state index in [1.165, 1.54) is 7.11 Å². The Hall–Kier alpha value is -3.08. The molecular formula is C20H24F3N3O5. The van der Waals surface area contributed by atoms with Gasteiger partial charge in [0.2, 0.25) is 0 Å². The van der Waals surface area contributed by atoms with Crippen LogP contribution in [0.25, 0.3) is 0 Å². The average molecular weight is 443 g/mol. The van der Waals surface area contributed by atoms with E-state index in [-0.39, 0.29) is 26.2 Å². The fourth-order valence-electron chi connectivity index (χ4n) is 2.76. The van der Waals surface area contributed by atoms with E-state index in [0.29, 0.717) is 17.7 Å². The molecule has 1 aromatic heterocycles. The van der Waals surface area contributed by atoms with Gasteiger partial charge in [0.15, 0.2) is 0 Å². The van der Waals surface area contributed by atoms with E-state index in [2.05, 4.69) is 10.4 Å². The molecular weight excluding hydrogens is 419 g/mol. The lowest BCUT2D eigenvalue weighted by atomic mass is 10.1. The van der Waals surface area contributed by atoms with Gasteiger partial charge in [0.05, 0.1) is 45.2 Å². The molecule has 1 atom stereocenters. The number of ether oxygens (including phenoxy) is 2. The largest absolute Gasteiger partial charge is 0.497 e. The Balaban J connectivity index is 2.24. The van der Waals surface area contributed by atoms with Gasteiger partial charge in [-0.1, -0.05) is 19.1 Å². The first kappa shape index (κ1) is 24.2. The number of hydrogen-bond donors (Lipinski definition) is 2. The van der Waals surface area contributed by atoms with Gasteiger partial charge in [-0.25, -0.2) is 4.68 Å². The number of anilines is 1. The second kappa shape index (κ2) is 10.8. The van der Waals surface area contributed by atoms with Crippen LogP contribution in [-0.2, 0) is 22.3 Å². The number of nitrogens with one attached hydrogen (secondary N) is 1. The van der Waals surface area contributed by atoms with Crippen LogP contribution in [0.2, 0.25) is 0 Å². The lowest BCUT2D eigenvalue weighted by Gasteiger charge is -2.21. The molecule has 0 saturated carbocycles. The molecule has 0 aliphatic carbocycles. The number of carboxylic acid groups (broad SMARTS) is 1. The van der Waals surface area contributed by atoms with Crippen molar-refractivity contribution in [1.29, 1.82) is 0 Å². The SMILES string of the molecule is CC[C@H](COCCC(=O)O)Nc1cnn(Cc2ccc(OC)cc2)c(=O)c1C(F)(F)F. The number of alkyl halides is 3. The molecule has 0 aliphatic heterocycles. The van der Waals surface area contributed by atoms with Gasteiger partial charge in [0.1, 0.15) is 11.3 Å². The van der Waals surface area contributed by atoms with Crippen molar-refractivity contribution in [2.75, 3.05) is 25.6 Å². The summed E-state index contributed by atoms with van der Waals surface area (Å²) in [5.74, 6) is -0.458. The van der Waals surface area contributed by atoms with Gasteiger partial charge >= 0.3 is 12.1 Å². The summed E-state index contributed by atoms with van der Waals surface area (Å²) in [6, 6.07) is 5.98. The number of methoxy groups -OCH3 is 1. The maximum atomic E-state index is 13.7. The fourth-order valence-corrected chi connectivity index (χ4v) is 2.76. The zero-order chi connectivity index (χ0) is 23.0. The number of carboxylic acids is 1. The van der Waals surface area contributed by atoms with Crippen LogP contribution in [0.1, 0.15) is 30.9 Å². The predicted octanol–water partition coefficient (Wildman–Crippen LogP) is 3.00. The maximum Gasteiger partial charge on any atom is 0.423 e. The highest BCUT2D eigenvalue weighted by atomic mass is 19.4. The first-order chi connectivity index (χ1) is 14.7. The highest BCUT2D eigenvalue weighted by molar-refractivity contribution is 5.66. The molecule has 170 valence electrons. The Morgan fingerprint density at radius 2 is 1.97 bits per heavy atom. The number of nitrogens with zero attached hydrogens (tertiary/aromatic N) is 2. The molecule has 2 rings (SSSR count). The summed E-state index contributed by atoms with van der Waals surface area (Å²) in [7, 11) is 1.49. The van der Waals surface area contributed by atoms with Gasteiger partial charge in [-0.15, -0.1) is 0 Å². The third-order valence-corrected chi connectivity index (χ3v) is 4.45. The Morgan fingerprint density at radius 3 is 2.52 bits per heavy atom. The van der Waals surface area contributed by atoms with Gasteiger partial charge in [0, 0.05) is 6.04 Å². The van der Waals surface area contributed by atoms with Crippen LogP contribution in [0.5, 0.6) is 5.75 Å². The Labute approximate surface area is 176 Å². The van der Waals surface area contributed by atoms with Crippen LogP contribution in [0.3, 0.4) is 0 Å². The van der Waals surface area contributed by atoms with Gasteiger partial charge in [-0.3, -0.25) is 9.59 Å². The quantitative estimate of drug-likeness (QED) is 0.515. The number of halogens is 3. The van der Waals surface area contributed by atoms with Crippen molar-refractivity contribution in [2.45, 2.75) is 38.5 Å². The second-order valence-corrected chi connectivity index (χ2v) is 6.71. The van der Waals surface area contributed by atoms with Crippen LogP contribution in [0.15, 0.2) is 35.3 Å². The Morgan fingerprint density at radius 1 is 1.29 bits per heavy atom. The van der Waals surface area contributed by atoms with Crippen molar-refractivity contribution in [2.24, 2.45) is 0 Å². The smallest absolute Gasteiger partial charge is 0.423 e. The summed E-state index contributed by atoms with van der Waals surface area (Å²) in [4.78, 5) is 23.1. The molecule has 0 aliphatic rings. The van der Waals surface area contributed by atoms with Crippen molar-refractivity contribution < 1.29 is 32.5 Å². The maximum absolute atomic E-state index is 13.7. The number of carbonyl (C=O) groups is 1. The predicted molar refractivity (Wildman–Crippen MR) is 106 cm³/mol. The van der Waals surface area contributed by atoms with Crippen LogP contribution < -0.4 is 15.6 Å². The molecule has 0 amide bonds. The van der Waals surface area contributed by atoms with Gasteiger partial charge in [-0.05, 0) is 24.1 Å². The molecule has 0 unspecified atom stereocenters. The standard InChI is InChI=1S/C20H24F3N3O5/c1-3-14(12-31-9-8-17(27)28)25-16-10-24-26(19(29)18(16)20(21,22)23)11-13-4-6-15(30-2)7-5-13/h4-7,10,14,25H,3,8-9,11-12H2,1-2H3,(H,27,28)/t14-/m1/s1. The van der Waals surface area contributed by atoms with E-state index in [1.54, 1.807) is 31.2 Å². The zero-order valence-electron chi connectivity index (χ0n) is 17.1. The van der Waals surface area contributed by atoms with E-state index in [1.807, 2.05) is 0 Å². The van der Waals surface area contributed by atoms with Gasteiger partial charge in [-0.2, -0.15) is 18.3 Å². The topological polar surface area (TPSA) is 103 Å². The summed E-state index contributed by atoms with van der Waals surface area (Å²) >= 11 is 0. The van der Waals surface area contributed by atoms with Crippen molar-refractivity contribution >= 4 is 11.7 Å². The van der Waals surface area contributed by atoms with Gasteiger partial charge in [0.25, 0.3) is 5.56 Å². The molecule has 2 N–H and O–H groups in total. The summed E-state index contributed by atoms with van der Waals surface area (Å²) in [5, 5.41) is 15.2. The van der Waals surface area contributed by atoms with Crippen LogP contribution in [0, 0.1) is 0 Å². The molecule has 0 radical (unpaired) electrons. The summed E-state index contributed by atoms with van der Waals surface area (Å²) in [6.07, 6.45) is -3.76. The van der Waals surface area contributed by atoms with Crippen LogP contribution in [0.4, 0.5) is 18.9 Å². The van der Waals surface area contributed by atoms with Crippen LogP contribution in [-0.4, -0.2) is 47.2 Å². The van der Waals surface area contributed by atoms with E-state index in [0.717, 1.165) is 10.9 Å². The third-order valence-electron chi connectivity index (χ3n) is 4.45. The summed E-state index contributed by atoms with van der Waals surface area (Å²) < 4.78 is 52.0. The number of rotatable bonds is 11. The van der Waals surface area contributed by atoms with Crippen molar-refractivity contribution in [3.63, 3.8) is 0 Å².